The zero-order valence-corrected chi connectivity index (χ0v) is 14.3. The third kappa shape index (κ3) is 3.26. The minimum atomic E-state index is -0.219. The van der Waals surface area contributed by atoms with Crippen molar-refractivity contribution in [3.63, 3.8) is 0 Å². The average molecular weight is 314 g/mol. The first-order valence-electron chi connectivity index (χ1n) is 8.64. The van der Waals surface area contributed by atoms with Crippen LogP contribution in [0.2, 0.25) is 0 Å². The summed E-state index contributed by atoms with van der Waals surface area (Å²) in [4.78, 5) is 26.8. The molecule has 1 aromatic carbocycles. The standard InChI is InChI=1S/C19H26N2O2/c1-12-8-13(2)18(14(3)9-12)20-19(23)15-10-17(22)21(11-15)16-6-4-5-7-16/h8-9,15-16H,4-7,10-11H2,1-3H3,(H,20,23)/t15-/m0/s1. The number of benzene rings is 1. The maximum Gasteiger partial charge on any atom is 0.229 e. The zero-order valence-electron chi connectivity index (χ0n) is 14.3. The van der Waals surface area contributed by atoms with Crippen molar-refractivity contribution in [1.82, 2.24) is 4.90 Å². The van der Waals surface area contributed by atoms with Gasteiger partial charge in [0.25, 0.3) is 0 Å². The molecule has 1 atom stereocenters. The summed E-state index contributed by atoms with van der Waals surface area (Å²) in [6.07, 6.45) is 4.94. The molecule has 1 aromatic rings. The summed E-state index contributed by atoms with van der Waals surface area (Å²) in [6.45, 7) is 6.67. The zero-order chi connectivity index (χ0) is 16.6. The van der Waals surface area contributed by atoms with Gasteiger partial charge in [0.2, 0.25) is 11.8 Å². The van der Waals surface area contributed by atoms with Crippen molar-refractivity contribution in [3.05, 3.63) is 28.8 Å². The predicted molar refractivity (Wildman–Crippen MR) is 91.4 cm³/mol. The van der Waals surface area contributed by atoms with Gasteiger partial charge in [0, 0.05) is 24.7 Å². The molecule has 0 aromatic heterocycles. The van der Waals surface area contributed by atoms with Gasteiger partial charge >= 0.3 is 0 Å². The second-order valence-electron chi connectivity index (χ2n) is 7.15. The van der Waals surface area contributed by atoms with Gasteiger partial charge in [-0.05, 0) is 44.7 Å². The van der Waals surface area contributed by atoms with E-state index in [1.54, 1.807) is 0 Å². The number of carbonyl (C=O) groups is 2. The van der Waals surface area contributed by atoms with Crippen molar-refractivity contribution >= 4 is 17.5 Å². The van der Waals surface area contributed by atoms with Crippen LogP contribution in [0.25, 0.3) is 0 Å². The maximum atomic E-state index is 12.6. The van der Waals surface area contributed by atoms with E-state index in [9.17, 15) is 9.59 Å². The number of hydrogen-bond acceptors (Lipinski definition) is 2. The van der Waals surface area contributed by atoms with Gasteiger partial charge in [0.05, 0.1) is 5.92 Å². The fourth-order valence-electron chi connectivity index (χ4n) is 4.08. The highest BCUT2D eigenvalue weighted by Crippen LogP contribution is 2.30. The first-order chi connectivity index (χ1) is 11.0. The molecule has 4 heteroatoms. The summed E-state index contributed by atoms with van der Waals surface area (Å²) in [5, 5.41) is 3.06. The fourth-order valence-corrected chi connectivity index (χ4v) is 4.08. The lowest BCUT2D eigenvalue weighted by Gasteiger charge is -2.24. The number of rotatable bonds is 3. The number of anilines is 1. The number of amides is 2. The topological polar surface area (TPSA) is 49.4 Å². The third-order valence-electron chi connectivity index (χ3n) is 5.22. The summed E-state index contributed by atoms with van der Waals surface area (Å²) in [6, 6.07) is 4.52. The van der Waals surface area contributed by atoms with Crippen LogP contribution in [0, 0.1) is 26.7 Å². The van der Waals surface area contributed by atoms with Crippen LogP contribution in [0.1, 0.15) is 48.8 Å². The summed E-state index contributed by atoms with van der Waals surface area (Å²) in [5.41, 5.74) is 4.24. The van der Waals surface area contributed by atoms with E-state index < -0.39 is 0 Å². The van der Waals surface area contributed by atoms with E-state index in [-0.39, 0.29) is 17.7 Å². The Labute approximate surface area is 138 Å². The quantitative estimate of drug-likeness (QED) is 0.930. The lowest BCUT2D eigenvalue weighted by atomic mass is 10.0. The lowest BCUT2D eigenvalue weighted by Crippen LogP contribution is -2.35. The molecule has 1 aliphatic carbocycles. The Morgan fingerprint density at radius 1 is 1.13 bits per heavy atom. The van der Waals surface area contributed by atoms with Gasteiger partial charge in [-0.3, -0.25) is 9.59 Å². The van der Waals surface area contributed by atoms with Crippen LogP contribution in [-0.2, 0) is 9.59 Å². The van der Waals surface area contributed by atoms with Crippen LogP contribution in [0.3, 0.4) is 0 Å². The Hall–Kier alpha value is -1.84. The minimum Gasteiger partial charge on any atom is -0.339 e. The Morgan fingerprint density at radius 2 is 1.74 bits per heavy atom. The van der Waals surface area contributed by atoms with Crippen LogP contribution < -0.4 is 5.32 Å². The molecular formula is C19H26N2O2. The van der Waals surface area contributed by atoms with Crippen molar-refractivity contribution < 1.29 is 9.59 Å². The minimum absolute atomic E-state index is 0.0195. The molecular weight excluding hydrogens is 288 g/mol. The van der Waals surface area contributed by atoms with E-state index in [1.807, 2.05) is 18.7 Å². The number of hydrogen-bond donors (Lipinski definition) is 1. The first-order valence-corrected chi connectivity index (χ1v) is 8.64. The van der Waals surface area contributed by atoms with Crippen LogP contribution in [0.4, 0.5) is 5.69 Å². The number of likely N-dealkylation sites (tertiary alicyclic amines) is 1. The van der Waals surface area contributed by atoms with Crippen LogP contribution in [0.5, 0.6) is 0 Å². The van der Waals surface area contributed by atoms with Crippen molar-refractivity contribution in [3.8, 4) is 0 Å². The summed E-state index contributed by atoms with van der Waals surface area (Å²) in [7, 11) is 0. The Morgan fingerprint density at radius 3 is 2.35 bits per heavy atom. The Bertz CT molecular complexity index is 609. The lowest BCUT2D eigenvalue weighted by molar-refractivity contribution is -0.129. The van der Waals surface area contributed by atoms with Crippen LogP contribution in [0.15, 0.2) is 12.1 Å². The maximum absolute atomic E-state index is 12.6. The van der Waals surface area contributed by atoms with E-state index in [2.05, 4.69) is 24.4 Å². The summed E-state index contributed by atoms with van der Waals surface area (Å²) in [5.74, 6) is -0.0912. The molecule has 2 amide bonds. The van der Waals surface area contributed by atoms with Gasteiger partial charge in [-0.2, -0.15) is 0 Å². The van der Waals surface area contributed by atoms with E-state index >= 15 is 0 Å². The van der Waals surface area contributed by atoms with Gasteiger partial charge in [0.15, 0.2) is 0 Å². The van der Waals surface area contributed by atoms with Crippen molar-refractivity contribution in [2.24, 2.45) is 5.92 Å². The molecule has 1 heterocycles. The molecule has 1 saturated carbocycles. The number of nitrogens with zero attached hydrogens (tertiary/aromatic N) is 1. The number of nitrogens with one attached hydrogen (secondary N) is 1. The molecule has 1 N–H and O–H groups in total. The van der Waals surface area contributed by atoms with E-state index in [0.717, 1.165) is 29.7 Å². The highest BCUT2D eigenvalue weighted by molar-refractivity contribution is 5.98. The normalized spacial score (nSPS) is 22.0. The van der Waals surface area contributed by atoms with Gasteiger partial charge in [-0.15, -0.1) is 0 Å². The van der Waals surface area contributed by atoms with Gasteiger partial charge < -0.3 is 10.2 Å². The molecule has 2 fully saturated rings. The first kappa shape index (κ1) is 16.0. The molecule has 0 spiro atoms. The molecule has 1 aliphatic heterocycles. The Balaban J connectivity index is 1.69. The highest BCUT2D eigenvalue weighted by atomic mass is 16.2. The average Bonchev–Trinajstić information content (AvgIpc) is 3.11. The van der Waals surface area contributed by atoms with Crippen LogP contribution >= 0.6 is 0 Å². The molecule has 124 valence electrons. The second-order valence-corrected chi connectivity index (χ2v) is 7.15. The molecule has 0 radical (unpaired) electrons. The predicted octanol–water partition coefficient (Wildman–Crippen LogP) is 3.34. The molecule has 23 heavy (non-hydrogen) atoms. The monoisotopic (exact) mass is 314 g/mol. The summed E-state index contributed by atoms with van der Waals surface area (Å²) >= 11 is 0. The van der Waals surface area contributed by atoms with Gasteiger partial charge in [-0.1, -0.05) is 30.5 Å². The molecule has 0 unspecified atom stereocenters. The third-order valence-corrected chi connectivity index (χ3v) is 5.22. The van der Waals surface area contributed by atoms with E-state index in [1.165, 1.54) is 18.4 Å². The largest absolute Gasteiger partial charge is 0.339 e. The molecule has 2 aliphatic rings. The number of carbonyl (C=O) groups excluding carboxylic acids is 2. The van der Waals surface area contributed by atoms with Crippen molar-refractivity contribution in [2.45, 2.75) is 58.9 Å². The summed E-state index contributed by atoms with van der Waals surface area (Å²) < 4.78 is 0. The SMILES string of the molecule is Cc1cc(C)c(NC(=O)[C@H]2CC(=O)N(C3CCCC3)C2)c(C)c1. The fraction of sp³-hybridized carbons (Fsp3) is 0.579. The van der Waals surface area contributed by atoms with E-state index in [4.69, 9.17) is 0 Å². The molecule has 4 nitrogen and oxygen atoms in total. The van der Waals surface area contributed by atoms with Crippen LogP contribution in [-0.4, -0.2) is 29.3 Å². The second kappa shape index (κ2) is 6.34. The van der Waals surface area contributed by atoms with Crippen molar-refractivity contribution in [2.75, 3.05) is 11.9 Å². The molecule has 1 saturated heterocycles. The van der Waals surface area contributed by atoms with E-state index in [0.29, 0.717) is 19.0 Å². The molecule has 0 bridgehead atoms. The Kier molecular flexibility index (Phi) is 4.42. The van der Waals surface area contributed by atoms with Gasteiger partial charge in [-0.25, -0.2) is 0 Å². The smallest absolute Gasteiger partial charge is 0.229 e. The molecule has 3 rings (SSSR count). The van der Waals surface area contributed by atoms with Gasteiger partial charge in [0.1, 0.15) is 0 Å². The van der Waals surface area contributed by atoms with Crippen molar-refractivity contribution in [1.29, 1.82) is 0 Å². The number of aryl methyl sites for hydroxylation is 3. The highest BCUT2D eigenvalue weighted by Gasteiger charge is 2.38.